The van der Waals surface area contributed by atoms with Gasteiger partial charge >= 0.3 is 6.03 Å². The molecule has 1 saturated heterocycles. The summed E-state index contributed by atoms with van der Waals surface area (Å²) in [6.45, 7) is 1.28. The summed E-state index contributed by atoms with van der Waals surface area (Å²) in [6.07, 6.45) is 0. The maximum atomic E-state index is 12.9. The molecular weight excluding hydrogens is 373 g/mol. The molecule has 3 rings (SSSR count). The molecule has 0 spiro atoms. The lowest BCUT2D eigenvalue weighted by Crippen LogP contribution is -2.43. The molecule has 8 heteroatoms. The van der Waals surface area contributed by atoms with E-state index in [2.05, 4.69) is 10.6 Å². The van der Waals surface area contributed by atoms with E-state index in [1.165, 1.54) is 24.3 Å². The molecule has 0 bridgehead atoms. The third-order valence-corrected chi connectivity index (χ3v) is 4.72. The summed E-state index contributed by atoms with van der Waals surface area (Å²) in [6, 6.07) is 11.7. The first-order chi connectivity index (χ1) is 12.8. The molecule has 1 heterocycles. The van der Waals surface area contributed by atoms with Gasteiger partial charge in [0.25, 0.3) is 5.91 Å². The highest BCUT2D eigenvalue weighted by Crippen LogP contribution is 2.33. The Morgan fingerprint density at radius 2 is 1.85 bits per heavy atom. The van der Waals surface area contributed by atoms with Crippen molar-refractivity contribution < 1.29 is 18.8 Å². The fraction of sp³-hybridized carbons (Fsp3) is 0.211. The second-order valence-corrected chi connectivity index (χ2v) is 6.74. The van der Waals surface area contributed by atoms with Crippen LogP contribution < -0.4 is 10.6 Å². The normalized spacial score (nSPS) is 19.1. The Balaban J connectivity index is 1.67. The second kappa shape index (κ2) is 7.36. The van der Waals surface area contributed by atoms with E-state index in [1.54, 1.807) is 31.2 Å². The van der Waals surface area contributed by atoms with Gasteiger partial charge in [0.2, 0.25) is 5.91 Å². The number of hydrogen-bond acceptors (Lipinski definition) is 3. The van der Waals surface area contributed by atoms with Crippen LogP contribution in [0.5, 0.6) is 0 Å². The zero-order valence-electron chi connectivity index (χ0n) is 14.5. The van der Waals surface area contributed by atoms with Crippen LogP contribution in [-0.2, 0) is 21.7 Å². The first-order valence-corrected chi connectivity index (χ1v) is 8.59. The lowest BCUT2D eigenvalue weighted by molar-refractivity contribution is -0.134. The summed E-state index contributed by atoms with van der Waals surface area (Å²) < 4.78 is 12.9. The number of urea groups is 1. The van der Waals surface area contributed by atoms with Crippen molar-refractivity contribution in [2.24, 2.45) is 0 Å². The van der Waals surface area contributed by atoms with Gasteiger partial charge in [-0.1, -0.05) is 41.9 Å². The molecule has 0 radical (unpaired) electrons. The molecule has 2 aromatic rings. The molecular formula is C19H17ClFN3O3. The van der Waals surface area contributed by atoms with Gasteiger partial charge < -0.3 is 10.6 Å². The Morgan fingerprint density at radius 1 is 1.19 bits per heavy atom. The van der Waals surface area contributed by atoms with E-state index in [1.807, 2.05) is 0 Å². The molecule has 4 amide bonds. The quantitative estimate of drug-likeness (QED) is 0.771. The van der Waals surface area contributed by atoms with Gasteiger partial charge in [-0.15, -0.1) is 0 Å². The standard InChI is InChI=1S/C19H17ClFN3O3/c1-19(14-4-2-3-5-15(14)20)17(26)24(18(27)23-19)11-16(25)22-10-12-6-8-13(21)9-7-12/h2-9H,10-11H2,1H3,(H,22,25)(H,23,27)/t19-/m1/s1. The van der Waals surface area contributed by atoms with Gasteiger partial charge in [-0.05, 0) is 30.7 Å². The second-order valence-electron chi connectivity index (χ2n) is 6.33. The fourth-order valence-corrected chi connectivity index (χ4v) is 3.22. The molecule has 2 N–H and O–H groups in total. The number of amides is 4. The molecule has 1 fully saturated rings. The van der Waals surface area contributed by atoms with Crippen molar-refractivity contribution in [2.75, 3.05) is 6.54 Å². The predicted molar refractivity (Wildman–Crippen MR) is 97.3 cm³/mol. The zero-order chi connectivity index (χ0) is 19.6. The van der Waals surface area contributed by atoms with Gasteiger partial charge in [0, 0.05) is 17.1 Å². The lowest BCUT2D eigenvalue weighted by Gasteiger charge is -2.23. The topological polar surface area (TPSA) is 78.5 Å². The summed E-state index contributed by atoms with van der Waals surface area (Å²) in [5.41, 5.74) is -0.186. The number of carbonyl (C=O) groups is 3. The van der Waals surface area contributed by atoms with E-state index in [0.717, 1.165) is 4.90 Å². The van der Waals surface area contributed by atoms with Gasteiger partial charge in [-0.2, -0.15) is 0 Å². The molecule has 2 aromatic carbocycles. The summed E-state index contributed by atoms with van der Waals surface area (Å²) >= 11 is 6.16. The third-order valence-electron chi connectivity index (χ3n) is 4.39. The van der Waals surface area contributed by atoms with Crippen LogP contribution in [0.2, 0.25) is 5.02 Å². The molecule has 0 unspecified atom stereocenters. The van der Waals surface area contributed by atoms with E-state index in [-0.39, 0.29) is 12.4 Å². The Labute approximate surface area is 160 Å². The van der Waals surface area contributed by atoms with Crippen LogP contribution in [-0.4, -0.2) is 29.3 Å². The number of imide groups is 1. The Kier molecular flexibility index (Phi) is 5.14. The summed E-state index contributed by atoms with van der Waals surface area (Å²) in [5, 5.41) is 5.55. The van der Waals surface area contributed by atoms with Gasteiger partial charge in [-0.3, -0.25) is 14.5 Å². The maximum absolute atomic E-state index is 12.9. The lowest BCUT2D eigenvalue weighted by atomic mass is 9.92. The monoisotopic (exact) mass is 389 g/mol. The van der Waals surface area contributed by atoms with E-state index >= 15 is 0 Å². The number of nitrogens with zero attached hydrogens (tertiary/aromatic N) is 1. The number of benzene rings is 2. The predicted octanol–water partition coefficient (Wildman–Crippen LogP) is 2.56. The molecule has 1 aliphatic heterocycles. The van der Waals surface area contributed by atoms with Crippen molar-refractivity contribution in [1.29, 1.82) is 0 Å². The van der Waals surface area contributed by atoms with Crippen molar-refractivity contribution in [3.63, 3.8) is 0 Å². The number of carbonyl (C=O) groups excluding carboxylic acids is 3. The average Bonchev–Trinajstić information content (AvgIpc) is 2.85. The van der Waals surface area contributed by atoms with E-state index < -0.39 is 29.9 Å². The van der Waals surface area contributed by atoms with Crippen LogP contribution in [0.4, 0.5) is 9.18 Å². The molecule has 27 heavy (non-hydrogen) atoms. The maximum Gasteiger partial charge on any atom is 0.325 e. The fourth-order valence-electron chi connectivity index (χ4n) is 2.89. The molecule has 0 saturated carbocycles. The largest absolute Gasteiger partial charge is 0.350 e. The number of halogens is 2. The third kappa shape index (κ3) is 3.78. The van der Waals surface area contributed by atoms with E-state index in [4.69, 9.17) is 11.6 Å². The highest BCUT2D eigenvalue weighted by atomic mass is 35.5. The van der Waals surface area contributed by atoms with Crippen LogP contribution in [0, 0.1) is 5.82 Å². The van der Waals surface area contributed by atoms with Gasteiger partial charge in [0.1, 0.15) is 17.9 Å². The van der Waals surface area contributed by atoms with Crippen molar-refractivity contribution in [3.8, 4) is 0 Å². The Bertz CT molecular complexity index is 903. The Morgan fingerprint density at radius 3 is 2.52 bits per heavy atom. The summed E-state index contributed by atoms with van der Waals surface area (Å²) in [7, 11) is 0. The minimum absolute atomic E-state index is 0.157. The molecule has 1 atom stereocenters. The highest BCUT2D eigenvalue weighted by molar-refractivity contribution is 6.32. The SMILES string of the molecule is C[C@]1(c2ccccc2Cl)NC(=O)N(CC(=O)NCc2ccc(F)cc2)C1=O. The van der Waals surface area contributed by atoms with Gasteiger partial charge in [-0.25, -0.2) is 9.18 Å². The molecule has 1 aliphatic rings. The minimum atomic E-state index is -1.34. The van der Waals surface area contributed by atoms with Gasteiger partial charge in [0.05, 0.1) is 0 Å². The van der Waals surface area contributed by atoms with Crippen molar-refractivity contribution in [3.05, 3.63) is 70.5 Å². The molecule has 0 aliphatic carbocycles. The van der Waals surface area contributed by atoms with E-state index in [0.29, 0.717) is 16.1 Å². The summed E-state index contributed by atoms with van der Waals surface area (Å²) in [5.74, 6) is -1.44. The Hall–Kier alpha value is -2.93. The summed E-state index contributed by atoms with van der Waals surface area (Å²) in [4.78, 5) is 38.1. The van der Waals surface area contributed by atoms with Crippen LogP contribution >= 0.6 is 11.6 Å². The number of hydrogen-bond donors (Lipinski definition) is 2. The first-order valence-electron chi connectivity index (χ1n) is 8.21. The van der Waals surface area contributed by atoms with Crippen LogP contribution in [0.25, 0.3) is 0 Å². The van der Waals surface area contributed by atoms with Crippen molar-refractivity contribution in [1.82, 2.24) is 15.5 Å². The zero-order valence-corrected chi connectivity index (χ0v) is 15.2. The van der Waals surface area contributed by atoms with Crippen LogP contribution in [0.1, 0.15) is 18.1 Å². The average molecular weight is 390 g/mol. The van der Waals surface area contributed by atoms with Crippen molar-refractivity contribution in [2.45, 2.75) is 19.0 Å². The first kappa shape index (κ1) is 18.8. The van der Waals surface area contributed by atoms with Crippen LogP contribution in [0.3, 0.4) is 0 Å². The smallest absolute Gasteiger partial charge is 0.325 e. The minimum Gasteiger partial charge on any atom is -0.350 e. The van der Waals surface area contributed by atoms with Crippen molar-refractivity contribution >= 4 is 29.4 Å². The van der Waals surface area contributed by atoms with E-state index in [9.17, 15) is 18.8 Å². The highest BCUT2D eigenvalue weighted by Gasteiger charge is 2.50. The van der Waals surface area contributed by atoms with Crippen LogP contribution in [0.15, 0.2) is 48.5 Å². The number of nitrogens with one attached hydrogen (secondary N) is 2. The number of rotatable bonds is 5. The molecule has 0 aromatic heterocycles. The molecule has 6 nitrogen and oxygen atoms in total. The molecule has 140 valence electrons. The van der Waals surface area contributed by atoms with Gasteiger partial charge in [0.15, 0.2) is 0 Å².